The third-order valence-electron chi connectivity index (χ3n) is 3.56. The first-order valence-corrected chi connectivity index (χ1v) is 6.72. The molecule has 1 aromatic carbocycles. The summed E-state index contributed by atoms with van der Waals surface area (Å²) in [5, 5.41) is 0. The second-order valence-electron chi connectivity index (χ2n) is 5.02. The molecule has 0 aromatic heterocycles. The van der Waals surface area contributed by atoms with E-state index in [0.717, 1.165) is 0 Å². The van der Waals surface area contributed by atoms with Crippen molar-refractivity contribution >= 4 is 0 Å². The second kappa shape index (κ2) is 6.73. The first kappa shape index (κ1) is 13.3. The topological polar surface area (TPSA) is 0 Å². The smallest absolute Gasteiger partial charge is 0.0279 e. The summed E-state index contributed by atoms with van der Waals surface area (Å²) >= 11 is 0. The zero-order valence-electron chi connectivity index (χ0n) is 11.4. The Balaban J connectivity index is 2.43. The van der Waals surface area contributed by atoms with Crippen molar-refractivity contribution < 1.29 is 0 Å². The summed E-state index contributed by atoms with van der Waals surface area (Å²) in [6.45, 7) is 8.94. The Morgan fingerprint density at radius 2 is 1.38 bits per heavy atom. The van der Waals surface area contributed by atoms with E-state index in [4.69, 9.17) is 0 Å². The van der Waals surface area contributed by atoms with Crippen LogP contribution in [-0.4, -0.2) is 0 Å². The summed E-state index contributed by atoms with van der Waals surface area (Å²) in [5.41, 5.74) is 5.87. The van der Waals surface area contributed by atoms with Gasteiger partial charge in [-0.05, 0) is 55.9 Å². The largest absolute Gasteiger partial charge is 0.0654 e. The molecule has 0 nitrogen and oxygen atoms in total. The molecule has 0 heterocycles. The highest BCUT2D eigenvalue weighted by atomic mass is 14.1. The van der Waals surface area contributed by atoms with Gasteiger partial charge in [-0.1, -0.05) is 44.7 Å². The van der Waals surface area contributed by atoms with Crippen molar-refractivity contribution in [1.82, 2.24) is 0 Å². The van der Waals surface area contributed by atoms with Crippen LogP contribution >= 0.6 is 0 Å². The van der Waals surface area contributed by atoms with Gasteiger partial charge in [-0.3, -0.25) is 0 Å². The van der Waals surface area contributed by atoms with Crippen molar-refractivity contribution in [2.45, 2.75) is 66.2 Å². The van der Waals surface area contributed by atoms with E-state index in [-0.39, 0.29) is 0 Å². The minimum absolute atomic E-state index is 1.26. The van der Waals surface area contributed by atoms with E-state index < -0.39 is 0 Å². The third-order valence-corrected chi connectivity index (χ3v) is 3.56. The molecule has 0 spiro atoms. The lowest BCUT2D eigenvalue weighted by molar-refractivity contribution is 0.632. The molecule has 0 heteroatoms. The van der Waals surface area contributed by atoms with Gasteiger partial charge in [-0.2, -0.15) is 0 Å². The SMILES string of the molecule is CCCCCCCc1cc(C)c(C)c(C)c1. The Hall–Kier alpha value is -0.780. The summed E-state index contributed by atoms with van der Waals surface area (Å²) < 4.78 is 0. The van der Waals surface area contributed by atoms with Crippen LogP contribution in [0.1, 0.15) is 61.3 Å². The molecular formula is C16H26. The average Bonchev–Trinajstić information content (AvgIpc) is 2.25. The molecule has 0 aliphatic rings. The Morgan fingerprint density at radius 1 is 0.812 bits per heavy atom. The Morgan fingerprint density at radius 3 is 1.94 bits per heavy atom. The molecule has 0 saturated carbocycles. The van der Waals surface area contributed by atoms with Gasteiger partial charge in [-0.25, -0.2) is 0 Å². The van der Waals surface area contributed by atoms with Crippen molar-refractivity contribution in [3.63, 3.8) is 0 Å². The van der Waals surface area contributed by atoms with Gasteiger partial charge in [0.15, 0.2) is 0 Å². The van der Waals surface area contributed by atoms with Crippen LogP contribution in [0.5, 0.6) is 0 Å². The van der Waals surface area contributed by atoms with E-state index in [9.17, 15) is 0 Å². The fourth-order valence-corrected chi connectivity index (χ4v) is 2.20. The summed E-state index contributed by atoms with van der Waals surface area (Å²) in [6, 6.07) is 4.73. The number of rotatable bonds is 6. The summed E-state index contributed by atoms with van der Waals surface area (Å²) in [5.74, 6) is 0. The molecule has 0 fully saturated rings. The van der Waals surface area contributed by atoms with Gasteiger partial charge in [0.2, 0.25) is 0 Å². The number of hydrogen-bond acceptors (Lipinski definition) is 0. The van der Waals surface area contributed by atoms with Crippen LogP contribution < -0.4 is 0 Å². The highest BCUT2D eigenvalue weighted by Crippen LogP contribution is 2.17. The van der Waals surface area contributed by atoms with Gasteiger partial charge in [0, 0.05) is 0 Å². The summed E-state index contributed by atoms with van der Waals surface area (Å²) in [6.07, 6.45) is 8.13. The second-order valence-corrected chi connectivity index (χ2v) is 5.02. The predicted molar refractivity (Wildman–Crippen MR) is 73.1 cm³/mol. The molecule has 1 rings (SSSR count). The van der Waals surface area contributed by atoms with Crippen LogP contribution in [0.25, 0.3) is 0 Å². The van der Waals surface area contributed by atoms with Crippen molar-refractivity contribution in [1.29, 1.82) is 0 Å². The Bertz CT molecular complexity index is 300. The van der Waals surface area contributed by atoms with Gasteiger partial charge in [-0.15, -0.1) is 0 Å². The first-order valence-electron chi connectivity index (χ1n) is 6.72. The summed E-state index contributed by atoms with van der Waals surface area (Å²) in [7, 11) is 0. The molecule has 0 N–H and O–H groups in total. The van der Waals surface area contributed by atoms with Gasteiger partial charge in [0.25, 0.3) is 0 Å². The lowest BCUT2D eigenvalue weighted by atomic mass is 9.97. The molecule has 1 aromatic rings. The highest BCUT2D eigenvalue weighted by molar-refractivity contribution is 5.36. The molecule has 0 radical (unpaired) electrons. The minimum atomic E-state index is 1.26. The molecule has 0 atom stereocenters. The van der Waals surface area contributed by atoms with Gasteiger partial charge in [0.1, 0.15) is 0 Å². The zero-order valence-corrected chi connectivity index (χ0v) is 11.4. The monoisotopic (exact) mass is 218 g/mol. The van der Waals surface area contributed by atoms with E-state index in [2.05, 4.69) is 39.8 Å². The van der Waals surface area contributed by atoms with E-state index in [1.807, 2.05) is 0 Å². The lowest BCUT2D eigenvalue weighted by Gasteiger charge is -2.09. The van der Waals surface area contributed by atoms with Crippen molar-refractivity contribution in [2.24, 2.45) is 0 Å². The van der Waals surface area contributed by atoms with E-state index >= 15 is 0 Å². The van der Waals surface area contributed by atoms with Crippen molar-refractivity contribution in [2.75, 3.05) is 0 Å². The van der Waals surface area contributed by atoms with Gasteiger partial charge < -0.3 is 0 Å². The fourth-order valence-electron chi connectivity index (χ4n) is 2.20. The molecule has 0 bridgehead atoms. The minimum Gasteiger partial charge on any atom is -0.0654 e. The highest BCUT2D eigenvalue weighted by Gasteiger charge is 2.00. The zero-order chi connectivity index (χ0) is 12.0. The fraction of sp³-hybridized carbons (Fsp3) is 0.625. The van der Waals surface area contributed by atoms with Crippen LogP contribution in [0.2, 0.25) is 0 Å². The van der Waals surface area contributed by atoms with Crippen LogP contribution in [0.4, 0.5) is 0 Å². The number of aryl methyl sites for hydroxylation is 3. The van der Waals surface area contributed by atoms with Gasteiger partial charge in [0.05, 0.1) is 0 Å². The molecule has 0 saturated heterocycles. The van der Waals surface area contributed by atoms with Crippen LogP contribution in [0.3, 0.4) is 0 Å². The Kier molecular flexibility index (Phi) is 5.59. The van der Waals surface area contributed by atoms with Crippen molar-refractivity contribution in [3.8, 4) is 0 Å². The normalized spacial score (nSPS) is 10.8. The average molecular weight is 218 g/mol. The van der Waals surface area contributed by atoms with E-state index in [0.29, 0.717) is 0 Å². The maximum absolute atomic E-state index is 2.36. The molecular weight excluding hydrogens is 192 g/mol. The number of unbranched alkanes of at least 4 members (excludes halogenated alkanes) is 4. The molecule has 0 aliphatic heterocycles. The number of hydrogen-bond donors (Lipinski definition) is 0. The molecule has 90 valence electrons. The standard InChI is InChI=1S/C16H26/c1-5-6-7-8-9-10-16-11-13(2)15(4)14(3)12-16/h11-12H,5-10H2,1-4H3. The number of benzene rings is 1. The first-order chi connectivity index (χ1) is 7.65. The maximum Gasteiger partial charge on any atom is -0.0279 e. The van der Waals surface area contributed by atoms with E-state index in [1.165, 1.54) is 60.8 Å². The van der Waals surface area contributed by atoms with Crippen LogP contribution in [-0.2, 0) is 6.42 Å². The summed E-state index contributed by atoms with van der Waals surface area (Å²) in [4.78, 5) is 0. The predicted octanol–water partition coefficient (Wildman–Crippen LogP) is 5.12. The lowest BCUT2D eigenvalue weighted by Crippen LogP contribution is -1.92. The maximum atomic E-state index is 2.36. The van der Waals surface area contributed by atoms with E-state index in [1.54, 1.807) is 0 Å². The van der Waals surface area contributed by atoms with Crippen LogP contribution in [0.15, 0.2) is 12.1 Å². The molecule has 16 heavy (non-hydrogen) atoms. The third kappa shape index (κ3) is 4.00. The molecule has 0 aliphatic carbocycles. The molecule has 0 unspecified atom stereocenters. The quantitative estimate of drug-likeness (QED) is 0.581. The molecule has 0 amide bonds. The Labute approximate surface area is 101 Å². The van der Waals surface area contributed by atoms with Crippen molar-refractivity contribution in [3.05, 3.63) is 34.4 Å². The van der Waals surface area contributed by atoms with Crippen LogP contribution in [0, 0.1) is 20.8 Å². The van der Waals surface area contributed by atoms with Gasteiger partial charge >= 0.3 is 0 Å².